The number of halogens is 4. The molecule has 2 rings (SSSR count). The third-order valence-corrected chi connectivity index (χ3v) is 2.52. The Morgan fingerprint density at radius 3 is 2.30 bits per heavy atom. The fourth-order valence-electron chi connectivity index (χ4n) is 1.42. The van der Waals surface area contributed by atoms with E-state index in [1.807, 2.05) is 0 Å². The first-order valence-corrected chi connectivity index (χ1v) is 5.74. The lowest BCUT2D eigenvalue weighted by molar-refractivity contribution is -0.274. The van der Waals surface area contributed by atoms with Crippen molar-refractivity contribution in [3.63, 3.8) is 0 Å². The van der Waals surface area contributed by atoms with E-state index in [-0.39, 0.29) is 22.3 Å². The number of phenolic OH excluding ortho intramolecular Hbond substituents is 1. The number of phenols is 1. The summed E-state index contributed by atoms with van der Waals surface area (Å²) in [4.78, 5) is 0. The highest BCUT2D eigenvalue weighted by Crippen LogP contribution is 2.36. The lowest BCUT2D eigenvalue weighted by Crippen LogP contribution is -2.17. The molecule has 2 aromatic rings. The van der Waals surface area contributed by atoms with Crippen molar-refractivity contribution >= 4 is 11.6 Å². The van der Waals surface area contributed by atoms with Crippen LogP contribution in [-0.2, 0) is 0 Å². The van der Waals surface area contributed by atoms with Crippen LogP contribution in [0.25, 0.3) is 0 Å². The summed E-state index contributed by atoms with van der Waals surface area (Å²) in [5, 5.41) is 9.45. The summed E-state index contributed by atoms with van der Waals surface area (Å²) in [5.74, 6) is -0.326. The van der Waals surface area contributed by atoms with Gasteiger partial charge in [0.2, 0.25) is 0 Å². The molecule has 0 aliphatic rings. The van der Waals surface area contributed by atoms with Gasteiger partial charge < -0.3 is 14.6 Å². The van der Waals surface area contributed by atoms with Gasteiger partial charge in [-0.2, -0.15) is 0 Å². The van der Waals surface area contributed by atoms with E-state index in [4.69, 9.17) is 16.3 Å². The van der Waals surface area contributed by atoms with Crippen LogP contribution in [0.2, 0.25) is 5.02 Å². The van der Waals surface area contributed by atoms with E-state index < -0.39 is 12.1 Å². The summed E-state index contributed by atoms with van der Waals surface area (Å²) < 4.78 is 45.2. The summed E-state index contributed by atoms with van der Waals surface area (Å²) >= 11 is 5.81. The molecule has 7 heteroatoms. The zero-order valence-electron chi connectivity index (χ0n) is 9.82. The van der Waals surface area contributed by atoms with Gasteiger partial charge in [-0.25, -0.2) is 0 Å². The van der Waals surface area contributed by atoms with Crippen molar-refractivity contribution in [1.82, 2.24) is 0 Å². The largest absolute Gasteiger partial charge is 0.573 e. The zero-order valence-corrected chi connectivity index (χ0v) is 10.6. The third kappa shape index (κ3) is 3.71. The van der Waals surface area contributed by atoms with Crippen LogP contribution >= 0.6 is 11.6 Å². The van der Waals surface area contributed by atoms with E-state index in [1.165, 1.54) is 18.2 Å². The molecule has 0 saturated carbocycles. The summed E-state index contributed by atoms with van der Waals surface area (Å²) in [5.41, 5.74) is 0. The SMILES string of the molecule is Oc1ccccc1Oc1ccc(OC(F)(F)F)cc1Cl. The second kappa shape index (κ2) is 5.50. The standard InChI is InChI=1S/C13H8ClF3O3/c14-9-7-8(20-13(15,16)17)5-6-11(9)19-12-4-2-1-3-10(12)18/h1-7,18H. The molecule has 0 bridgehead atoms. The average Bonchev–Trinajstić information content (AvgIpc) is 2.33. The van der Waals surface area contributed by atoms with Crippen molar-refractivity contribution in [2.45, 2.75) is 6.36 Å². The predicted octanol–water partition coefficient (Wildman–Crippen LogP) is 4.74. The topological polar surface area (TPSA) is 38.7 Å². The third-order valence-electron chi connectivity index (χ3n) is 2.22. The van der Waals surface area contributed by atoms with Crippen molar-refractivity contribution in [3.8, 4) is 23.0 Å². The second-order valence-corrected chi connectivity index (χ2v) is 4.12. The van der Waals surface area contributed by atoms with Gasteiger partial charge in [0.15, 0.2) is 11.5 Å². The van der Waals surface area contributed by atoms with E-state index in [0.717, 1.165) is 12.1 Å². The molecule has 0 radical (unpaired) electrons. The highest BCUT2D eigenvalue weighted by Gasteiger charge is 2.31. The van der Waals surface area contributed by atoms with E-state index in [1.54, 1.807) is 12.1 Å². The molecule has 0 atom stereocenters. The van der Waals surface area contributed by atoms with Gasteiger partial charge in [0.1, 0.15) is 11.5 Å². The predicted molar refractivity (Wildman–Crippen MR) is 66.3 cm³/mol. The molecular formula is C13H8ClF3O3. The van der Waals surface area contributed by atoms with Gasteiger partial charge in [0.05, 0.1) is 5.02 Å². The number of hydrogen-bond donors (Lipinski definition) is 1. The van der Waals surface area contributed by atoms with Crippen LogP contribution in [0.1, 0.15) is 0 Å². The van der Waals surface area contributed by atoms with Crippen LogP contribution in [0.5, 0.6) is 23.0 Å². The Morgan fingerprint density at radius 2 is 1.70 bits per heavy atom. The lowest BCUT2D eigenvalue weighted by atomic mass is 10.3. The van der Waals surface area contributed by atoms with Gasteiger partial charge in [-0.05, 0) is 24.3 Å². The fraction of sp³-hybridized carbons (Fsp3) is 0.0769. The molecule has 0 spiro atoms. The summed E-state index contributed by atoms with van der Waals surface area (Å²) in [6.45, 7) is 0. The number of benzene rings is 2. The molecular weight excluding hydrogens is 297 g/mol. The Balaban J connectivity index is 2.20. The number of hydrogen-bond acceptors (Lipinski definition) is 3. The Hall–Kier alpha value is -2.08. The number of para-hydroxylation sites is 2. The van der Waals surface area contributed by atoms with Crippen LogP contribution in [0.15, 0.2) is 42.5 Å². The lowest BCUT2D eigenvalue weighted by Gasteiger charge is -2.12. The smallest absolute Gasteiger partial charge is 0.504 e. The highest BCUT2D eigenvalue weighted by atomic mass is 35.5. The summed E-state index contributed by atoms with van der Waals surface area (Å²) in [7, 11) is 0. The van der Waals surface area contributed by atoms with Gasteiger partial charge in [0, 0.05) is 6.07 Å². The van der Waals surface area contributed by atoms with Crippen LogP contribution in [0.3, 0.4) is 0 Å². The summed E-state index contributed by atoms with van der Waals surface area (Å²) in [6, 6.07) is 9.39. The number of alkyl halides is 3. The van der Waals surface area contributed by atoms with Gasteiger partial charge in [-0.3, -0.25) is 0 Å². The monoisotopic (exact) mass is 304 g/mol. The molecule has 20 heavy (non-hydrogen) atoms. The molecule has 0 amide bonds. The minimum Gasteiger partial charge on any atom is -0.504 e. The summed E-state index contributed by atoms with van der Waals surface area (Å²) in [6.07, 6.45) is -4.79. The normalized spacial score (nSPS) is 11.2. The molecule has 0 saturated heterocycles. The molecule has 1 N–H and O–H groups in total. The minimum atomic E-state index is -4.79. The molecule has 2 aromatic carbocycles. The maximum atomic E-state index is 12.0. The molecule has 106 valence electrons. The highest BCUT2D eigenvalue weighted by molar-refractivity contribution is 6.32. The van der Waals surface area contributed by atoms with Crippen LogP contribution < -0.4 is 9.47 Å². The average molecular weight is 305 g/mol. The number of ether oxygens (including phenoxy) is 2. The van der Waals surface area contributed by atoms with Crippen LogP contribution in [-0.4, -0.2) is 11.5 Å². The molecule has 3 nitrogen and oxygen atoms in total. The van der Waals surface area contributed by atoms with E-state index in [2.05, 4.69) is 4.74 Å². The number of rotatable bonds is 3. The Kier molecular flexibility index (Phi) is 3.94. The van der Waals surface area contributed by atoms with Gasteiger partial charge in [-0.15, -0.1) is 13.2 Å². The van der Waals surface area contributed by atoms with Gasteiger partial charge in [0.25, 0.3) is 0 Å². The first-order valence-electron chi connectivity index (χ1n) is 5.36. The molecule has 0 heterocycles. The molecule has 0 fully saturated rings. The molecule has 0 aliphatic carbocycles. The second-order valence-electron chi connectivity index (χ2n) is 3.71. The minimum absolute atomic E-state index is 0.0741. The van der Waals surface area contributed by atoms with E-state index in [0.29, 0.717) is 0 Å². The first-order chi connectivity index (χ1) is 9.35. The van der Waals surface area contributed by atoms with Crippen molar-refractivity contribution in [3.05, 3.63) is 47.5 Å². The maximum absolute atomic E-state index is 12.0. The molecule has 0 aromatic heterocycles. The number of aromatic hydroxyl groups is 1. The maximum Gasteiger partial charge on any atom is 0.573 e. The first kappa shape index (κ1) is 14.3. The van der Waals surface area contributed by atoms with Crippen molar-refractivity contribution in [1.29, 1.82) is 0 Å². The fourth-order valence-corrected chi connectivity index (χ4v) is 1.63. The van der Waals surface area contributed by atoms with Gasteiger partial charge in [-0.1, -0.05) is 23.7 Å². The van der Waals surface area contributed by atoms with Gasteiger partial charge >= 0.3 is 6.36 Å². The van der Waals surface area contributed by atoms with Crippen LogP contribution in [0.4, 0.5) is 13.2 Å². The molecule has 0 aliphatic heterocycles. The van der Waals surface area contributed by atoms with Crippen LogP contribution in [0, 0.1) is 0 Å². The Bertz CT molecular complexity index is 614. The molecule has 0 unspecified atom stereocenters. The van der Waals surface area contributed by atoms with Crippen molar-refractivity contribution < 1.29 is 27.8 Å². The Morgan fingerprint density at radius 1 is 1.00 bits per heavy atom. The van der Waals surface area contributed by atoms with Crippen molar-refractivity contribution in [2.75, 3.05) is 0 Å². The Labute approximate surface area is 117 Å². The van der Waals surface area contributed by atoms with Crippen molar-refractivity contribution in [2.24, 2.45) is 0 Å². The quantitative estimate of drug-likeness (QED) is 0.890. The van der Waals surface area contributed by atoms with E-state index in [9.17, 15) is 18.3 Å². The zero-order chi connectivity index (χ0) is 14.8. The van der Waals surface area contributed by atoms with E-state index >= 15 is 0 Å².